The third-order valence-electron chi connectivity index (χ3n) is 3.87. The normalized spacial score (nSPS) is 15.2. The molecule has 6 heteroatoms. The Morgan fingerprint density at radius 1 is 1.25 bits per heavy atom. The lowest BCUT2D eigenvalue weighted by Gasteiger charge is -2.11. The molecule has 0 heterocycles. The van der Waals surface area contributed by atoms with Crippen LogP contribution in [-0.2, 0) is 9.59 Å². The van der Waals surface area contributed by atoms with Gasteiger partial charge in [-0.15, -0.1) is 0 Å². The van der Waals surface area contributed by atoms with Crippen molar-refractivity contribution in [2.45, 2.75) is 52.0 Å². The first-order valence-electron chi connectivity index (χ1n) is 8.34. The zero-order valence-corrected chi connectivity index (χ0v) is 14.3. The smallest absolute Gasteiger partial charge is 0.277 e. The molecule has 1 aromatic carbocycles. The highest BCUT2D eigenvalue weighted by molar-refractivity contribution is 6.00. The van der Waals surface area contributed by atoms with Crippen molar-refractivity contribution in [3.8, 4) is 5.75 Å². The lowest BCUT2D eigenvalue weighted by molar-refractivity contribution is -0.123. The Labute approximate surface area is 142 Å². The second kappa shape index (κ2) is 9.05. The van der Waals surface area contributed by atoms with Crippen LogP contribution in [0.1, 0.15) is 44.6 Å². The van der Waals surface area contributed by atoms with E-state index in [-0.39, 0.29) is 24.8 Å². The molecule has 6 nitrogen and oxygen atoms in total. The molecule has 0 spiro atoms. The fourth-order valence-electron chi connectivity index (χ4n) is 2.66. The molecule has 2 rings (SSSR count). The monoisotopic (exact) mass is 331 g/mol. The number of nitrogens with zero attached hydrogens (tertiary/aromatic N) is 1. The van der Waals surface area contributed by atoms with Gasteiger partial charge in [-0.3, -0.25) is 9.59 Å². The molecule has 0 atom stereocenters. The van der Waals surface area contributed by atoms with E-state index in [1.165, 1.54) is 12.8 Å². The number of amides is 2. The van der Waals surface area contributed by atoms with E-state index in [2.05, 4.69) is 15.8 Å². The van der Waals surface area contributed by atoms with Gasteiger partial charge in [0.1, 0.15) is 5.75 Å². The van der Waals surface area contributed by atoms with Gasteiger partial charge in [0.2, 0.25) is 5.91 Å². The van der Waals surface area contributed by atoms with E-state index in [0.29, 0.717) is 17.5 Å². The minimum Gasteiger partial charge on any atom is -0.484 e. The molecule has 1 saturated carbocycles. The molecule has 0 saturated heterocycles. The van der Waals surface area contributed by atoms with Crippen molar-refractivity contribution in [1.29, 1.82) is 0 Å². The molecule has 0 bridgehead atoms. The summed E-state index contributed by atoms with van der Waals surface area (Å²) in [5.74, 6) is 0.238. The number of carbonyl (C=O) groups is 2. The van der Waals surface area contributed by atoms with Gasteiger partial charge in [-0.2, -0.15) is 5.10 Å². The highest BCUT2D eigenvalue weighted by Crippen LogP contribution is 2.17. The molecule has 1 aliphatic rings. The second-order valence-electron chi connectivity index (χ2n) is 6.21. The average Bonchev–Trinajstić information content (AvgIpc) is 3.03. The van der Waals surface area contributed by atoms with E-state index in [1.807, 2.05) is 25.1 Å². The second-order valence-corrected chi connectivity index (χ2v) is 6.21. The number of nitrogens with one attached hydrogen (secondary N) is 2. The van der Waals surface area contributed by atoms with Crippen LogP contribution < -0.4 is 15.5 Å². The molecular weight excluding hydrogens is 306 g/mol. The zero-order chi connectivity index (χ0) is 17.4. The van der Waals surface area contributed by atoms with Crippen LogP contribution in [0.25, 0.3) is 0 Å². The maximum Gasteiger partial charge on any atom is 0.277 e. The lowest BCUT2D eigenvalue weighted by Crippen LogP contribution is -2.34. The number of carbonyl (C=O) groups excluding carboxylic acids is 2. The highest BCUT2D eigenvalue weighted by Gasteiger charge is 2.17. The highest BCUT2D eigenvalue weighted by atomic mass is 16.5. The summed E-state index contributed by atoms with van der Waals surface area (Å²) in [7, 11) is 0. The zero-order valence-electron chi connectivity index (χ0n) is 14.3. The molecule has 2 amide bonds. The summed E-state index contributed by atoms with van der Waals surface area (Å²) in [6.07, 6.45) is 4.64. The van der Waals surface area contributed by atoms with Gasteiger partial charge >= 0.3 is 0 Å². The van der Waals surface area contributed by atoms with E-state index < -0.39 is 0 Å². The number of benzene rings is 1. The summed E-state index contributed by atoms with van der Waals surface area (Å²) in [6.45, 7) is 3.56. The van der Waals surface area contributed by atoms with Crippen molar-refractivity contribution in [2.75, 3.05) is 6.61 Å². The van der Waals surface area contributed by atoms with Gasteiger partial charge in [0.15, 0.2) is 6.61 Å². The van der Waals surface area contributed by atoms with Crippen molar-refractivity contribution in [3.63, 3.8) is 0 Å². The fraction of sp³-hybridized carbons (Fsp3) is 0.500. The molecule has 1 fully saturated rings. The number of hydrazone groups is 1. The number of hydrogen-bond donors (Lipinski definition) is 2. The van der Waals surface area contributed by atoms with Gasteiger partial charge in [-0.1, -0.05) is 25.0 Å². The van der Waals surface area contributed by atoms with Crippen LogP contribution in [0.2, 0.25) is 0 Å². The van der Waals surface area contributed by atoms with Crippen LogP contribution in [0.15, 0.2) is 29.4 Å². The van der Waals surface area contributed by atoms with Crippen molar-refractivity contribution in [2.24, 2.45) is 5.10 Å². The van der Waals surface area contributed by atoms with E-state index in [9.17, 15) is 9.59 Å². The van der Waals surface area contributed by atoms with Crippen LogP contribution in [0.5, 0.6) is 5.75 Å². The van der Waals surface area contributed by atoms with Crippen LogP contribution in [-0.4, -0.2) is 30.2 Å². The van der Waals surface area contributed by atoms with Gasteiger partial charge in [0.25, 0.3) is 5.91 Å². The molecule has 0 aromatic heterocycles. The number of hydrogen-bond acceptors (Lipinski definition) is 4. The van der Waals surface area contributed by atoms with Crippen molar-refractivity contribution in [3.05, 3.63) is 29.8 Å². The maximum atomic E-state index is 11.9. The quantitative estimate of drug-likeness (QED) is 0.594. The van der Waals surface area contributed by atoms with E-state index >= 15 is 0 Å². The molecule has 130 valence electrons. The Morgan fingerprint density at radius 3 is 2.71 bits per heavy atom. The third-order valence-corrected chi connectivity index (χ3v) is 3.87. The first-order valence-corrected chi connectivity index (χ1v) is 8.34. The van der Waals surface area contributed by atoms with Gasteiger partial charge in [-0.25, -0.2) is 5.43 Å². The molecule has 2 N–H and O–H groups in total. The summed E-state index contributed by atoms with van der Waals surface area (Å²) in [5, 5.41) is 6.94. The van der Waals surface area contributed by atoms with Crippen LogP contribution in [0.4, 0.5) is 0 Å². The maximum absolute atomic E-state index is 11.9. The van der Waals surface area contributed by atoms with Crippen LogP contribution in [0, 0.1) is 6.92 Å². The molecule has 0 aliphatic heterocycles. The summed E-state index contributed by atoms with van der Waals surface area (Å²) in [6, 6.07) is 7.77. The first-order chi connectivity index (χ1) is 11.5. The molecule has 24 heavy (non-hydrogen) atoms. The molecule has 1 aromatic rings. The van der Waals surface area contributed by atoms with Crippen molar-refractivity contribution >= 4 is 17.5 Å². The topological polar surface area (TPSA) is 79.8 Å². The SMILES string of the molecule is C/C(CC(=O)NC1CCCC1)=N/NC(=O)COc1cccc(C)c1. The summed E-state index contributed by atoms with van der Waals surface area (Å²) in [4.78, 5) is 23.6. The van der Waals surface area contributed by atoms with Crippen molar-refractivity contribution in [1.82, 2.24) is 10.7 Å². The van der Waals surface area contributed by atoms with Crippen molar-refractivity contribution < 1.29 is 14.3 Å². The Bertz CT molecular complexity index is 607. The summed E-state index contributed by atoms with van der Waals surface area (Å²) < 4.78 is 5.39. The molecule has 0 unspecified atom stereocenters. The lowest BCUT2D eigenvalue weighted by atomic mass is 10.2. The van der Waals surface area contributed by atoms with E-state index in [0.717, 1.165) is 18.4 Å². The van der Waals surface area contributed by atoms with E-state index in [1.54, 1.807) is 13.0 Å². The van der Waals surface area contributed by atoms with Gasteiger partial charge in [0.05, 0.1) is 6.42 Å². The number of rotatable bonds is 7. The Morgan fingerprint density at radius 2 is 2.00 bits per heavy atom. The van der Waals surface area contributed by atoms with Gasteiger partial charge in [-0.05, 0) is 44.4 Å². The average molecular weight is 331 g/mol. The third kappa shape index (κ3) is 6.40. The fourth-order valence-corrected chi connectivity index (χ4v) is 2.66. The first kappa shape index (κ1) is 18.0. The minimum absolute atomic E-state index is 0.0478. The molecule has 1 aliphatic carbocycles. The Kier molecular flexibility index (Phi) is 6.78. The predicted molar refractivity (Wildman–Crippen MR) is 92.9 cm³/mol. The summed E-state index contributed by atoms with van der Waals surface area (Å²) >= 11 is 0. The van der Waals surface area contributed by atoms with Gasteiger partial charge < -0.3 is 10.1 Å². The number of aryl methyl sites for hydroxylation is 1. The largest absolute Gasteiger partial charge is 0.484 e. The Balaban J connectivity index is 1.68. The number of ether oxygens (including phenoxy) is 1. The van der Waals surface area contributed by atoms with Crippen LogP contribution >= 0.6 is 0 Å². The summed E-state index contributed by atoms with van der Waals surface area (Å²) in [5.41, 5.74) is 4.04. The van der Waals surface area contributed by atoms with Crippen LogP contribution in [0.3, 0.4) is 0 Å². The Hall–Kier alpha value is -2.37. The van der Waals surface area contributed by atoms with Gasteiger partial charge in [0, 0.05) is 11.8 Å². The minimum atomic E-state index is -0.355. The standard InChI is InChI=1S/C18H25N3O3/c1-13-6-5-9-16(10-13)24-12-18(23)21-20-14(2)11-17(22)19-15-7-3-4-8-15/h5-6,9-10,15H,3-4,7-8,11-12H2,1-2H3,(H,19,22)(H,21,23)/b20-14-. The van der Waals surface area contributed by atoms with E-state index in [4.69, 9.17) is 4.74 Å². The molecular formula is C18H25N3O3. The predicted octanol–water partition coefficient (Wildman–Crippen LogP) is 2.31. The molecule has 0 radical (unpaired) electrons.